The molecule has 0 saturated carbocycles. The maximum atomic E-state index is 13.1. The molecule has 2 aromatic carbocycles. The predicted molar refractivity (Wildman–Crippen MR) is 109 cm³/mol. The smallest absolute Gasteiger partial charge is 0.284 e. The number of hydrogen-bond acceptors (Lipinski definition) is 10. The van der Waals surface area contributed by atoms with Crippen LogP contribution >= 0.6 is 15.9 Å². The van der Waals surface area contributed by atoms with Crippen molar-refractivity contribution in [3.63, 3.8) is 0 Å². The van der Waals surface area contributed by atoms with E-state index in [0.29, 0.717) is 15.7 Å². The van der Waals surface area contributed by atoms with Crippen molar-refractivity contribution in [2.24, 2.45) is 5.10 Å². The number of hydrazone groups is 1. The van der Waals surface area contributed by atoms with Crippen LogP contribution in [0.3, 0.4) is 0 Å². The molecule has 150 valence electrons. The molecule has 0 unspecified atom stereocenters. The average molecular weight is 473 g/mol. The second-order valence-corrected chi connectivity index (χ2v) is 6.66. The molecule has 4 rings (SSSR count). The second kappa shape index (κ2) is 8.16. The Labute approximate surface area is 175 Å². The Bertz CT molecular complexity index is 1260. The summed E-state index contributed by atoms with van der Waals surface area (Å²) in [7, 11) is 0. The van der Waals surface area contributed by atoms with E-state index in [1.165, 1.54) is 36.5 Å². The molecule has 30 heavy (non-hydrogen) atoms. The van der Waals surface area contributed by atoms with Gasteiger partial charge in [0.2, 0.25) is 11.3 Å². The van der Waals surface area contributed by atoms with Crippen LogP contribution in [0.5, 0.6) is 0 Å². The zero-order valence-corrected chi connectivity index (χ0v) is 16.4. The Morgan fingerprint density at radius 2 is 1.80 bits per heavy atom. The van der Waals surface area contributed by atoms with Gasteiger partial charge in [-0.3, -0.25) is 15.5 Å². The Balaban J connectivity index is 1.61. The maximum absolute atomic E-state index is 13.1. The topological polar surface area (TPSA) is 144 Å². The van der Waals surface area contributed by atoms with Crippen molar-refractivity contribution in [1.82, 2.24) is 20.3 Å². The van der Waals surface area contributed by atoms with Gasteiger partial charge in [0.05, 0.1) is 15.6 Å². The van der Waals surface area contributed by atoms with E-state index in [1.54, 1.807) is 12.1 Å². The van der Waals surface area contributed by atoms with E-state index in [-0.39, 0.29) is 34.4 Å². The number of anilines is 3. The standard InChI is InChI=1S/C17H10BrFN8O3/c18-12-6-1-9(7-13(12)27(28)29)8-20-24-15-14(21-11-4-2-10(19)3-5-11)22-16-17(23-15)26-30-25-16/h1-8H,(H,21,22,25)(H,23,24,26)/b20-8+. The zero-order chi connectivity index (χ0) is 21.1. The van der Waals surface area contributed by atoms with E-state index in [0.717, 1.165) is 0 Å². The summed E-state index contributed by atoms with van der Waals surface area (Å²) >= 11 is 3.13. The van der Waals surface area contributed by atoms with Crippen LogP contribution in [0, 0.1) is 15.9 Å². The minimum absolute atomic E-state index is 0.0903. The minimum Gasteiger partial charge on any atom is -0.337 e. The number of halogens is 2. The third-order valence-corrected chi connectivity index (χ3v) is 4.44. The summed E-state index contributed by atoms with van der Waals surface area (Å²) in [5.74, 6) is 0.0449. The first-order valence-corrected chi connectivity index (χ1v) is 9.05. The van der Waals surface area contributed by atoms with Crippen molar-refractivity contribution < 1.29 is 13.9 Å². The van der Waals surface area contributed by atoms with E-state index < -0.39 is 4.92 Å². The van der Waals surface area contributed by atoms with Gasteiger partial charge < -0.3 is 5.32 Å². The fourth-order valence-electron chi connectivity index (χ4n) is 2.39. The number of nitro groups is 1. The number of nitrogens with one attached hydrogen (secondary N) is 2. The van der Waals surface area contributed by atoms with Crippen LogP contribution in [0.1, 0.15) is 5.56 Å². The Morgan fingerprint density at radius 1 is 1.10 bits per heavy atom. The lowest BCUT2D eigenvalue weighted by Crippen LogP contribution is -2.03. The van der Waals surface area contributed by atoms with Crippen molar-refractivity contribution in [2.45, 2.75) is 0 Å². The maximum Gasteiger partial charge on any atom is 0.284 e. The summed E-state index contributed by atoms with van der Waals surface area (Å²) < 4.78 is 18.1. The van der Waals surface area contributed by atoms with E-state index in [4.69, 9.17) is 0 Å². The van der Waals surface area contributed by atoms with E-state index >= 15 is 0 Å². The third-order valence-electron chi connectivity index (χ3n) is 3.77. The zero-order valence-electron chi connectivity index (χ0n) is 14.8. The molecule has 0 saturated heterocycles. The van der Waals surface area contributed by atoms with Gasteiger partial charge in [-0.25, -0.2) is 14.0 Å². The molecule has 4 aromatic rings. The Morgan fingerprint density at radius 3 is 2.50 bits per heavy atom. The monoisotopic (exact) mass is 472 g/mol. The average Bonchev–Trinajstić information content (AvgIpc) is 3.18. The van der Waals surface area contributed by atoms with Crippen molar-refractivity contribution in [3.8, 4) is 0 Å². The lowest BCUT2D eigenvalue weighted by Gasteiger charge is -2.09. The van der Waals surface area contributed by atoms with Gasteiger partial charge in [-0.1, -0.05) is 6.07 Å². The van der Waals surface area contributed by atoms with Crippen LogP contribution in [-0.2, 0) is 0 Å². The molecular weight excluding hydrogens is 463 g/mol. The van der Waals surface area contributed by atoms with Crippen LogP contribution < -0.4 is 10.7 Å². The number of benzene rings is 2. The number of nitro benzene ring substituents is 1. The summed E-state index contributed by atoms with van der Waals surface area (Å²) in [6, 6.07) is 10.2. The first-order chi connectivity index (χ1) is 14.5. The van der Waals surface area contributed by atoms with Crippen LogP contribution in [0.25, 0.3) is 11.3 Å². The quantitative estimate of drug-likeness (QED) is 0.241. The normalized spacial score (nSPS) is 11.1. The molecule has 2 heterocycles. The van der Waals surface area contributed by atoms with Crippen molar-refractivity contribution >= 4 is 56.4 Å². The lowest BCUT2D eigenvalue weighted by molar-refractivity contribution is -0.385. The molecule has 0 aliphatic heterocycles. The summed E-state index contributed by atoms with van der Waals surface area (Å²) in [5, 5.41) is 25.4. The first-order valence-electron chi connectivity index (χ1n) is 8.25. The van der Waals surface area contributed by atoms with Gasteiger partial charge in [-0.2, -0.15) is 10.1 Å². The predicted octanol–water partition coefficient (Wildman–Crippen LogP) is 4.01. The fraction of sp³-hybridized carbons (Fsp3) is 0. The molecule has 2 N–H and O–H groups in total. The number of nitrogens with zero attached hydrogens (tertiary/aromatic N) is 6. The highest BCUT2D eigenvalue weighted by Gasteiger charge is 2.14. The molecule has 0 amide bonds. The first kappa shape index (κ1) is 19.3. The van der Waals surface area contributed by atoms with Gasteiger partial charge in [-0.15, -0.1) is 0 Å². The van der Waals surface area contributed by atoms with Gasteiger partial charge >= 0.3 is 0 Å². The Hall–Kier alpha value is -4.00. The van der Waals surface area contributed by atoms with Crippen LogP contribution in [0.2, 0.25) is 0 Å². The number of fused-ring (bicyclic) bond motifs is 1. The third kappa shape index (κ3) is 4.20. The van der Waals surface area contributed by atoms with Crippen LogP contribution in [0.15, 0.2) is 56.7 Å². The summed E-state index contributed by atoms with van der Waals surface area (Å²) in [4.78, 5) is 19.0. The highest BCUT2D eigenvalue weighted by atomic mass is 79.9. The van der Waals surface area contributed by atoms with Gasteiger partial charge in [-0.05, 0) is 56.6 Å². The molecule has 0 aliphatic carbocycles. The largest absolute Gasteiger partial charge is 0.337 e. The van der Waals surface area contributed by atoms with Crippen LogP contribution in [0.4, 0.5) is 27.4 Å². The number of hydrogen-bond donors (Lipinski definition) is 2. The lowest BCUT2D eigenvalue weighted by atomic mass is 10.2. The molecule has 0 radical (unpaired) electrons. The molecule has 0 fully saturated rings. The van der Waals surface area contributed by atoms with E-state index in [2.05, 4.69) is 56.7 Å². The van der Waals surface area contributed by atoms with Gasteiger partial charge in [0.15, 0.2) is 11.6 Å². The molecule has 2 aromatic heterocycles. The molecule has 0 aliphatic rings. The fourth-order valence-corrected chi connectivity index (χ4v) is 2.78. The van der Waals surface area contributed by atoms with Crippen molar-refractivity contribution in [3.05, 3.63) is 68.4 Å². The molecule has 11 nitrogen and oxygen atoms in total. The highest BCUT2D eigenvalue weighted by Crippen LogP contribution is 2.26. The van der Waals surface area contributed by atoms with Gasteiger partial charge in [0, 0.05) is 17.3 Å². The second-order valence-electron chi connectivity index (χ2n) is 5.80. The minimum atomic E-state index is -0.503. The molecule has 0 bridgehead atoms. The summed E-state index contributed by atoms with van der Waals surface area (Å²) in [5.41, 5.74) is 3.97. The molecule has 0 spiro atoms. The number of aromatic nitrogens is 4. The SMILES string of the molecule is O=[N+]([O-])c1cc(/C=N/Nc2nc3nonc3nc2Nc2ccc(F)cc2)ccc1Br. The number of rotatable bonds is 6. The van der Waals surface area contributed by atoms with Crippen molar-refractivity contribution in [1.29, 1.82) is 0 Å². The molecular formula is C17H10BrFN8O3. The van der Waals surface area contributed by atoms with E-state index in [1.807, 2.05) is 0 Å². The highest BCUT2D eigenvalue weighted by molar-refractivity contribution is 9.10. The van der Waals surface area contributed by atoms with Crippen LogP contribution in [-0.4, -0.2) is 31.4 Å². The summed E-state index contributed by atoms with van der Waals surface area (Å²) in [6.45, 7) is 0. The van der Waals surface area contributed by atoms with Crippen molar-refractivity contribution in [2.75, 3.05) is 10.7 Å². The molecule has 13 heteroatoms. The van der Waals surface area contributed by atoms with E-state index in [9.17, 15) is 14.5 Å². The summed E-state index contributed by atoms with van der Waals surface area (Å²) in [6.07, 6.45) is 1.38. The van der Waals surface area contributed by atoms with Gasteiger partial charge in [0.25, 0.3) is 5.69 Å². The Kier molecular flexibility index (Phi) is 5.26. The molecule has 0 atom stereocenters. The van der Waals surface area contributed by atoms with Gasteiger partial charge in [0.1, 0.15) is 5.82 Å².